The third-order valence-corrected chi connectivity index (χ3v) is 4.22. The number of nitrogens with zero attached hydrogens (tertiary/aromatic N) is 2. The lowest BCUT2D eigenvalue weighted by atomic mass is 9.95. The summed E-state index contributed by atoms with van der Waals surface area (Å²) >= 11 is 0. The van der Waals surface area contributed by atoms with Crippen molar-refractivity contribution < 1.29 is 4.52 Å². The van der Waals surface area contributed by atoms with Gasteiger partial charge in [0.15, 0.2) is 5.82 Å². The Bertz CT molecular complexity index is 585. The Kier molecular flexibility index (Phi) is 3.57. The van der Waals surface area contributed by atoms with E-state index in [0.717, 1.165) is 18.7 Å². The van der Waals surface area contributed by atoms with Gasteiger partial charge in [0, 0.05) is 18.4 Å². The zero-order valence-corrected chi connectivity index (χ0v) is 11.9. The monoisotopic (exact) mass is 271 g/mol. The minimum atomic E-state index is -0.132. The Labute approximate surface area is 119 Å². The van der Waals surface area contributed by atoms with Gasteiger partial charge in [-0.2, -0.15) is 4.98 Å². The summed E-state index contributed by atoms with van der Waals surface area (Å²) in [4.78, 5) is 4.50. The molecule has 0 spiro atoms. The highest BCUT2D eigenvalue weighted by Crippen LogP contribution is 2.30. The van der Waals surface area contributed by atoms with E-state index in [4.69, 9.17) is 10.3 Å². The molecule has 0 unspecified atom stereocenters. The van der Waals surface area contributed by atoms with Crippen molar-refractivity contribution in [1.82, 2.24) is 10.1 Å². The van der Waals surface area contributed by atoms with Crippen LogP contribution in [0.25, 0.3) is 0 Å². The smallest absolute Gasteiger partial charge is 0.228 e. The summed E-state index contributed by atoms with van der Waals surface area (Å²) in [6.45, 7) is 2.10. The van der Waals surface area contributed by atoms with Crippen molar-refractivity contribution >= 4 is 0 Å². The van der Waals surface area contributed by atoms with E-state index in [2.05, 4.69) is 29.2 Å². The maximum Gasteiger partial charge on any atom is 0.228 e. The Hall–Kier alpha value is -1.68. The van der Waals surface area contributed by atoms with Crippen molar-refractivity contribution in [2.45, 2.75) is 51.0 Å². The first-order valence-corrected chi connectivity index (χ1v) is 7.29. The molecule has 2 N–H and O–H groups in total. The first-order valence-electron chi connectivity index (χ1n) is 7.29. The molecule has 1 aromatic heterocycles. The SMILES string of the molecule is Cc1ccccc1Cc1noc(CC2(N)CCCC2)n1. The van der Waals surface area contributed by atoms with E-state index in [0.29, 0.717) is 18.7 Å². The molecule has 1 heterocycles. The third-order valence-electron chi connectivity index (χ3n) is 4.22. The van der Waals surface area contributed by atoms with Crippen LogP contribution in [0.3, 0.4) is 0 Å². The molecular formula is C16H21N3O. The highest BCUT2D eigenvalue weighted by molar-refractivity contribution is 5.28. The van der Waals surface area contributed by atoms with Crippen molar-refractivity contribution in [1.29, 1.82) is 0 Å². The Morgan fingerprint density at radius 2 is 2.00 bits per heavy atom. The Balaban J connectivity index is 1.69. The summed E-state index contributed by atoms with van der Waals surface area (Å²) in [7, 11) is 0. The lowest BCUT2D eigenvalue weighted by Gasteiger charge is -2.20. The molecule has 2 aromatic rings. The minimum Gasteiger partial charge on any atom is -0.339 e. The lowest BCUT2D eigenvalue weighted by molar-refractivity contribution is 0.327. The highest BCUT2D eigenvalue weighted by atomic mass is 16.5. The number of aromatic nitrogens is 2. The van der Waals surface area contributed by atoms with Crippen LogP contribution in [-0.2, 0) is 12.8 Å². The van der Waals surface area contributed by atoms with Crippen molar-refractivity contribution in [2.75, 3.05) is 0 Å². The van der Waals surface area contributed by atoms with Crippen LogP contribution in [0.15, 0.2) is 28.8 Å². The van der Waals surface area contributed by atoms with Gasteiger partial charge in [0.2, 0.25) is 5.89 Å². The number of benzene rings is 1. The van der Waals surface area contributed by atoms with Gasteiger partial charge in [-0.3, -0.25) is 0 Å². The first kappa shape index (κ1) is 13.3. The molecule has 0 aliphatic heterocycles. The summed E-state index contributed by atoms with van der Waals surface area (Å²) in [5.41, 5.74) is 8.71. The molecule has 1 aromatic carbocycles. The van der Waals surface area contributed by atoms with Crippen LogP contribution in [0.1, 0.15) is 48.5 Å². The molecule has 3 rings (SSSR count). The van der Waals surface area contributed by atoms with E-state index in [9.17, 15) is 0 Å². The molecule has 4 nitrogen and oxygen atoms in total. The molecule has 1 aliphatic carbocycles. The Morgan fingerprint density at radius 1 is 1.25 bits per heavy atom. The number of rotatable bonds is 4. The van der Waals surface area contributed by atoms with Gasteiger partial charge in [0.1, 0.15) is 0 Å². The average Bonchev–Trinajstić information content (AvgIpc) is 3.02. The maximum absolute atomic E-state index is 6.35. The molecule has 0 amide bonds. The van der Waals surface area contributed by atoms with Crippen LogP contribution >= 0.6 is 0 Å². The highest BCUT2D eigenvalue weighted by Gasteiger charge is 2.31. The van der Waals surface area contributed by atoms with E-state index in [1.54, 1.807) is 0 Å². The number of aryl methyl sites for hydroxylation is 1. The molecule has 0 bridgehead atoms. The molecule has 0 radical (unpaired) electrons. The van der Waals surface area contributed by atoms with Crippen LogP contribution in [-0.4, -0.2) is 15.7 Å². The number of nitrogens with two attached hydrogens (primary N) is 1. The number of hydrogen-bond donors (Lipinski definition) is 1. The van der Waals surface area contributed by atoms with Crippen LogP contribution in [0.5, 0.6) is 0 Å². The molecule has 0 atom stereocenters. The van der Waals surface area contributed by atoms with Crippen LogP contribution in [0, 0.1) is 6.92 Å². The fourth-order valence-corrected chi connectivity index (χ4v) is 2.97. The quantitative estimate of drug-likeness (QED) is 0.928. The van der Waals surface area contributed by atoms with Gasteiger partial charge in [-0.05, 0) is 30.9 Å². The van der Waals surface area contributed by atoms with E-state index in [-0.39, 0.29) is 5.54 Å². The molecule has 1 fully saturated rings. The minimum absolute atomic E-state index is 0.132. The van der Waals surface area contributed by atoms with Gasteiger partial charge in [-0.1, -0.05) is 42.3 Å². The second kappa shape index (κ2) is 5.37. The van der Waals surface area contributed by atoms with Crippen LogP contribution in [0.4, 0.5) is 0 Å². The van der Waals surface area contributed by atoms with Crippen molar-refractivity contribution in [3.8, 4) is 0 Å². The average molecular weight is 271 g/mol. The molecule has 20 heavy (non-hydrogen) atoms. The van der Waals surface area contributed by atoms with E-state index >= 15 is 0 Å². The molecule has 1 aliphatic rings. The van der Waals surface area contributed by atoms with Gasteiger partial charge in [0.05, 0.1) is 0 Å². The standard InChI is InChI=1S/C16H21N3O/c1-12-6-2-3-7-13(12)10-14-18-15(20-19-14)11-16(17)8-4-5-9-16/h2-3,6-7H,4-5,8-11,17H2,1H3. The van der Waals surface area contributed by atoms with Crippen molar-refractivity contribution in [3.63, 3.8) is 0 Å². The normalized spacial score (nSPS) is 17.5. The predicted octanol–water partition coefficient (Wildman–Crippen LogP) is 2.78. The topological polar surface area (TPSA) is 64.9 Å². The summed E-state index contributed by atoms with van der Waals surface area (Å²) in [6, 6.07) is 8.28. The van der Waals surface area contributed by atoms with Crippen molar-refractivity contribution in [2.24, 2.45) is 5.73 Å². The third kappa shape index (κ3) is 2.90. The molecule has 4 heteroatoms. The largest absolute Gasteiger partial charge is 0.339 e. The summed E-state index contributed by atoms with van der Waals surface area (Å²) in [5.74, 6) is 1.42. The molecule has 106 valence electrons. The maximum atomic E-state index is 6.35. The number of hydrogen-bond acceptors (Lipinski definition) is 4. The lowest BCUT2D eigenvalue weighted by Crippen LogP contribution is -2.38. The van der Waals surface area contributed by atoms with Crippen molar-refractivity contribution in [3.05, 3.63) is 47.1 Å². The molecule has 1 saturated carbocycles. The summed E-state index contributed by atoms with van der Waals surface area (Å²) in [5, 5.41) is 4.08. The van der Waals surface area contributed by atoms with Gasteiger partial charge in [-0.25, -0.2) is 0 Å². The zero-order chi connectivity index (χ0) is 14.0. The van der Waals surface area contributed by atoms with E-state index in [1.165, 1.54) is 24.0 Å². The fourth-order valence-electron chi connectivity index (χ4n) is 2.97. The second-order valence-corrected chi connectivity index (χ2v) is 5.95. The van der Waals surface area contributed by atoms with E-state index < -0.39 is 0 Å². The van der Waals surface area contributed by atoms with Gasteiger partial charge < -0.3 is 10.3 Å². The van der Waals surface area contributed by atoms with Gasteiger partial charge in [0.25, 0.3) is 0 Å². The second-order valence-electron chi connectivity index (χ2n) is 5.95. The summed E-state index contributed by atoms with van der Waals surface area (Å²) < 4.78 is 5.36. The van der Waals surface area contributed by atoms with Crippen LogP contribution < -0.4 is 5.73 Å². The van der Waals surface area contributed by atoms with Crippen LogP contribution in [0.2, 0.25) is 0 Å². The summed E-state index contributed by atoms with van der Waals surface area (Å²) in [6.07, 6.45) is 5.95. The Morgan fingerprint density at radius 3 is 2.75 bits per heavy atom. The molecular weight excluding hydrogens is 250 g/mol. The fraction of sp³-hybridized carbons (Fsp3) is 0.500. The molecule has 0 saturated heterocycles. The van der Waals surface area contributed by atoms with E-state index in [1.807, 2.05) is 12.1 Å². The van der Waals surface area contributed by atoms with Gasteiger partial charge in [-0.15, -0.1) is 0 Å². The zero-order valence-electron chi connectivity index (χ0n) is 11.9. The predicted molar refractivity (Wildman–Crippen MR) is 77.4 cm³/mol. The first-order chi connectivity index (χ1) is 9.65. The van der Waals surface area contributed by atoms with Gasteiger partial charge >= 0.3 is 0 Å².